The van der Waals surface area contributed by atoms with Crippen molar-refractivity contribution in [2.24, 2.45) is 0 Å². The summed E-state index contributed by atoms with van der Waals surface area (Å²) in [4.78, 5) is 2.78. The summed E-state index contributed by atoms with van der Waals surface area (Å²) < 4.78 is 10.7. The Morgan fingerprint density at radius 2 is 1.33 bits per heavy atom. The quantitative estimate of drug-likeness (QED) is 0.396. The first kappa shape index (κ1) is 19.1. The lowest BCUT2D eigenvalue weighted by Gasteiger charge is -2.48. The molecule has 1 fully saturated rings. The predicted molar refractivity (Wildman–Crippen MR) is 119 cm³/mol. The van der Waals surface area contributed by atoms with Crippen LogP contribution in [0.25, 0.3) is 0 Å². The van der Waals surface area contributed by atoms with Crippen LogP contribution in [-0.2, 0) is 0 Å². The monoisotopic (exact) mass is 434 g/mol. The normalized spacial score (nSPS) is 24.2. The average molecular weight is 435 g/mol. The van der Waals surface area contributed by atoms with Crippen molar-refractivity contribution < 1.29 is 9.47 Å². The van der Waals surface area contributed by atoms with Gasteiger partial charge in [0.1, 0.15) is 11.5 Å². The highest BCUT2D eigenvalue weighted by Crippen LogP contribution is 2.98. The van der Waals surface area contributed by atoms with Crippen LogP contribution in [0, 0.1) is 0 Å². The van der Waals surface area contributed by atoms with Gasteiger partial charge in [-0.2, -0.15) is 0 Å². The van der Waals surface area contributed by atoms with E-state index in [1.165, 1.54) is 9.79 Å². The molecule has 0 aromatic heterocycles. The lowest BCUT2D eigenvalue weighted by molar-refractivity contribution is 0.414. The van der Waals surface area contributed by atoms with Crippen molar-refractivity contribution in [2.75, 3.05) is 26.1 Å². The van der Waals surface area contributed by atoms with Crippen molar-refractivity contribution >= 4 is 57.0 Å². The third-order valence-corrected chi connectivity index (χ3v) is 27.6. The summed E-state index contributed by atoms with van der Waals surface area (Å²) in [7, 11) is 2.24. The third kappa shape index (κ3) is 3.70. The molecule has 2 aromatic carbocycles. The van der Waals surface area contributed by atoms with E-state index in [0.717, 1.165) is 23.4 Å². The van der Waals surface area contributed by atoms with E-state index >= 15 is 0 Å². The van der Waals surface area contributed by atoms with Gasteiger partial charge < -0.3 is 9.47 Å². The zero-order chi connectivity index (χ0) is 17.2. The third-order valence-electron chi connectivity index (χ3n) is 3.91. The molecule has 1 aliphatic rings. The Labute approximate surface area is 161 Å². The van der Waals surface area contributed by atoms with Gasteiger partial charge in [0.05, 0.1) is 19.7 Å². The van der Waals surface area contributed by atoms with Gasteiger partial charge in [0.2, 0.25) is 0 Å². The van der Waals surface area contributed by atoms with Gasteiger partial charge in [-0.1, -0.05) is 11.0 Å². The fourth-order valence-electron chi connectivity index (χ4n) is 2.62. The van der Waals surface area contributed by atoms with Crippen molar-refractivity contribution in [3.8, 4) is 11.5 Å². The largest absolute Gasteiger partial charge is 0.497 e. The summed E-state index contributed by atoms with van der Waals surface area (Å²) in [5.41, 5.74) is -0.494. The van der Waals surface area contributed by atoms with Gasteiger partial charge in [0, 0.05) is 6.33 Å². The maximum Gasteiger partial charge on any atom is 0.118 e. The summed E-state index contributed by atoms with van der Waals surface area (Å²) in [5.74, 6) is 2.95. The first-order valence-corrected chi connectivity index (χ1v) is 16.9. The van der Waals surface area contributed by atoms with Gasteiger partial charge >= 0.3 is 0 Å². The number of methoxy groups -OCH3 is 2. The maximum atomic E-state index is 5.33. The SMILES string of the molecule is COc1ccc(S2(c3ccc(OC)cc3)CCP(S)SP2S)cc1. The Hall–Kier alpha value is 0.300. The molecule has 2 aromatic rings. The summed E-state index contributed by atoms with van der Waals surface area (Å²) in [6, 6.07) is 17.1. The second-order valence-corrected chi connectivity index (χ2v) is 22.8. The number of hydrogen-bond donors (Lipinski definition) is 2. The minimum Gasteiger partial charge on any atom is -0.497 e. The molecule has 0 saturated carbocycles. The van der Waals surface area contributed by atoms with E-state index in [-0.39, 0.29) is 6.33 Å². The smallest absolute Gasteiger partial charge is 0.118 e. The van der Waals surface area contributed by atoms with Crippen LogP contribution in [0.3, 0.4) is 0 Å². The van der Waals surface area contributed by atoms with Gasteiger partial charge in [-0.25, -0.2) is 0 Å². The molecule has 2 atom stereocenters. The molecule has 0 spiro atoms. The second kappa shape index (κ2) is 8.33. The van der Waals surface area contributed by atoms with Gasteiger partial charge in [-0.15, -0.1) is 34.1 Å². The van der Waals surface area contributed by atoms with Crippen molar-refractivity contribution in [1.29, 1.82) is 0 Å². The van der Waals surface area contributed by atoms with E-state index < -0.39 is 15.2 Å². The summed E-state index contributed by atoms with van der Waals surface area (Å²) >= 11 is 11.8. The molecule has 130 valence electrons. The average Bonchev–Trinajstić information content (AvgIpc) is 2.62. The van der Waals surface area contributed by atoms with E-state index in [0.29, 0.717) is 0 Å². The number of benzene rings is 2. The van der Waals surface area contributed by atoms with E-state index in [2.05, 4.69) is 48.5 Å². The van der Waals surface area contributed by atoms with Crippen LogP contribution in [0.1, 0.15) is 0 Å². The number of thiol groups is 2. The summed E-state index contributed by atoms with van der Waals surface area (Å²) in [6.07, 6.45) is 0.909. The molecule has 1 aliphatic heterocycles. The van der Waals surface area contributed by atoms with Crippen LogP contribution < -0.4 is 9.47 Å². The van der Waals surface area contributed by atoms with Gasteiger partial charge in [-0.05, 0) is 70.2 Å². The minimum absolute atomic E-state index is 0.254. The molecule has 24 heavy (non-hydrogen) atoms. The van der Waals surface area contributed by atoms with Crippen LogP contribution in [0.15, 0.2) is 58.3 Å². The molecular weight excluding hydrogens is 414 g/mol. The first-order valence-electron chi connectivity index (χ1n) is 7.33. The molecule has 2 unspecified atom stereocenters. The highest BCUT2D eigenvalue weighted by molar-refractivity contribution is 9.29. The Balaban J connectivity index is 2.08. The van der Waals surface area contributed by atoms with Gasteiger partial charge in [-0.3, -0.25) is 0 Å². The van der Waals surface area contributed by atoms with E-state index in [1.807, 2.05) is 11.0 Å². The molecule has 1 saturated heterocycles. The molecule has 0 bridgehead atoms. The lowest BCUT2D eigenvalue weighted by Crippen LogP contribution is -2.08. The van der Waals surface area contributed by atoms with E-state index in [9.17, 15) is 0 Å². The highest BCUT2D eigenvalue weighted by Gasteiger charge is 2.40. The van der Waals surface area contributed by atoms with Crippen molar-refractivity contribution in [3.05, 3.63) is 48.5 Å². The number of rotatable bonds is 4. The predicted octanol–water partition coefficient (Wildman–Crippen LogP) is 7.07. The Morgan fingerprint density at radius 3 is 1.71 bits per heavy atom. The Kier molecular flexibility index (Phi) is 6.62. The van der Waals surface area contributed by atoms with Crippen molar-refractivity contribution in [3.63, 3.8) is 0 Å². The fourth-order valence-corrected chi connectivity index (χ4v) is 32.9. The molecule has 0 aliphatic carbocycles. The standard InChI is InChI=1S/C16H20O2P2S4/c1-17-13-3-7-15(8-4-13)24(12-11-19(21)23-20(24)22)16-9-5-14(18-2)6-10-16/h3-10,21-22H,11-12H2,1-2H3. The molecule has 8 heteroatoms. The summed E-state index contributed by atoms with van der Waals surface area (Å²) in [6.45, 7) is 0. The van der Waals surface area contributed by atoms with Crippen LogP contribution in [-0.4, -0.2) is 26.1 Å². The molecule has 0 amide bonds. The highest BCUT2D eigenvalue weighted by atomic mass is 33.5. The molecular formula is C16H20O2P2S4. The van der Waals surface area contributed by atoms with Crippen molar-refractivity contribution in [2.45, 2.75) is 9.79 Å². The number of ether oxygens (including phenoxy) is 2. The van der Waals surface area contributed by atoms with Gasteiger partial charge in [0.15, 0.2) is 0 Å². The maximum absolute atomic E-state index is 5.33. The van der Waals surface area contributed by atoms with Crippen LogP contribution in [0.2, 0.25) is 0 Å². The van der Waals surface area contributed by atoms with E-state index in [4.69, 9.17) is 34.0 Å². The van der Waals surface area contributed by atoms with E-state index in [1.54, 1.807) is 14.2 Å². The Morgan fingerprint density at radius 1 is 0.875 bits per heavy atom. The van der Waals surface area contributed by atoms with Crippen LogP contribution in [0.5, 0.6) is 11.5 Å². The minimum atomic E-state index is -1.17. The fraction of sp³-hybridized carbons (Fsp3) is 0.250. The number of hydrogen-bond acceptors (Lipinski definition) is 5. The van der Waals surface area contributed by atoms with Crippen LogP contribution in [0.4, 0.5) is 0 Å². The first-order chi connectivity index (χ1) is 11.6. The molecule has 2 nitrogen and oxygen atoms in total. The zero-order valence-electron chi connectivity index (χ0n) is 13.5. The van der Waals surface area contributed by atoms with Crippen LogP contribution >= 0.6 is 57.0 Å². The lowest BCUT2D eigenvalue weighted by atomic mass is 10.3. The zero-order valence-corrected chi connectivity index (χ0v) is 18.7. The molecule has 0 N–H and O–H groups in total. The molecule has 0 radical (unpaired) electrons. The molecule has 3 rings (SSSR count). The van der Waals surface area contributed by atoms with Crippen molar-refractivity contribution in [1.82, 2.24) is 0 Å². The summed E-state index contributed by atoms with van der Waals surface area (Å²) in [5, 5.41) is 0. The Bertz CT molecular complexity index is 634. The van der Waals surface area contributed by atoms with Gasteiger partial charge in [0.25, 0.3) is 0 Å². The topological polar surface area (TPSA) is 18.5 Å². The second-order valence-electron chi connectivity index (χ2n) is 5.15. The molecule has 1 heterocycles.